The maximum atomic E-state index is 2.44. The van der Waals surface area contributed by atoms with Crippen molar-refractivity contribution in [2.24, 2.45) is 23.7 Å². The van der Waals surface area contributed by atoms with E-state index in [1.165, 1.54) is 12.8 Å². The van der Waals surface area contributed by atoms with Crippen LogP contribution < -0.4 is 0 Å². The van der Waals surface area contributed by atoms with Crippen LogP contribution in [0.1, 0.15) is 26.7 Å². The summed E-state index contributed by atoms with van der Waals surface area (Å²) in [5.74, 6) is 3.73. The molecular formula is C10H16. The lowest BCUT2D eigenvalue weighted by atomic mass is 9.64. The largest absolute Gasteiger partial charge is 0.0849 e. The van der Waals surface area contributed by atoms with Crippen LogP contribution in [0, 0.1) is 23.7 Å². The van der Waals surface area contributed by atoms with Gasteiger partial charge in [0.1, 0.15) is 0 Å². The summed E-state index contributed by atoms with van der Waals surface area (Å²) in [6.45, 7) is 4.82. The second-order valence-electron chi connectivity index (χ2n) is 4.01. The molecule has 0 aromatic carbocycles. The Morgan fingerprint density at radius 3 is 1.50 bits per heavy atom. The average molecular weight is 136 g/mol. The van der Waals surface area contributed by atoms with Crippen LogP contribution in [0.5, 0.6) is 0 Å². The lowest BCUT2D eigenvalue weighted by Gasteiger charge is -2.41. The van der Waals surface area contributed by atoms with Gasteiger partial charge in [-0.25, -0.2) is 0 Å². The van der Waals surface area contributed by atoms with Crippen molar-refractivity contribution in [1.29, 1.82) is 0 Å². The lowest BCUT2D eigenvalue weighted by Crippen LogP contribution is -2.33. The van der Waals surface area contributed by atoms with Gasteiger partial charge in [-0.05, 0) is 36.5 Å². The van der Waals surface area contributed by atoms with Gasteiger partial charge in [0.15, 0.2) is 0 Å². The quantitative estimate of drug-likeness (QED) is 0.449. The summed E-state index contributed by atoms with van der Waals surface area (Å²) in [5, 5.41) is 0. The second-order valence-corrected chi connectivity index (χ2v) is 4.01. The molecule has 0 heterocycles. The van der Waals surface area contributed by atoms with Gasteiger partial charge in [0, 0.05) is 0 Å². The highest BCUT2D eigenvalue weighted by molar-refractivity contribution is 5.07. The van der Waals surface area contributed by atoms with Crippen LogP contribution in [0.25, 0.3) is 0 Å². The Hall–Kier alpha value is -0.260. The normalized spacial score (nSPS) is 51.8. The number of fused-ring (bicyclic) bond motifs is 2. The number of allylic oxidation sites excluding steroid dienone is 2. The summed E-state index contributed by atoms with van der Waals surface area (Å²) >= 11 is 0. The van der Waals surface area contributed by atoms with Gasteiger partial charge in [-0.15, -0.1) is 0 Å². The zero-order valence-electron chi connectivity index (χ0n) is 6.88. The molecular weight excluding hydrogens is 120 g/mol. The van der Waals surface area contributed by atoms with Gasteiger partial charge in [-0.1, -0.05) is 26.0 Å². The van der Waals surface area contributed by atoms with Gasteiger partial charge in [-0.3, -0.25) is 0 Å². The van der Waals surface area contributed by atoms with E-state index in [4.69, 9.17) is 0 Å². The second kappa shape index (κ2) is 2.11. The number of hydrogen-bond donors (Lipinski definition) is 0. The fourth-order valence-electron chi connectivity index (χ4n) is 2.52. The predicted octanol–water partition coefficient (Wildman–Crippen LogP) is 2.85. The van der Waals surface area contributed by atoms with E-state index in [0.717, 1.165) is 23.7 Å². The van der Waals surface area contributed by atoms with E-state index in [1.54, 1.807) is 0 Å². The molecule has 3 aliphatic rings. The van der Waals surface area contributed by atoms with Crippen molar-refractivity contribution in [3.8, 4) is 0 Å². The molecule has 0 radical (unpaired) electrons. The third kappa shape index (κ3) is 0.744. The van der Waals surface area contributed by atoms with Gasteiger partial charge >= 0.3 is 0 Å². The zero-order chi connectivity index (χ0) is 7.14. The SMILES string of the molecule is CC1C2C=CC(CC2)[C@@H]1C. The Morgan fingerprint density at radius 1 is 0.900 bits per heavy atom. The Kier molecular flexibility index (Phi) is 1.36. The Labute approximate surface area is 63.3 Å². The molecule has 2 bridgehead atoms. The van der Waals surface area contributed by atoms with Gasteiger partial charge in [-0.2, -0.15) is 0 Å². The predicted molar refractivity (Wildman–Crippen MR) is 43.7 cm³/mol. The van der Waals surface area contributed by atoms with Crippen molar-refractivity contribution < 1.29 is 0 Å². The molecule has 0 saturated heterocycles. The smallest absolute Gasteiger partial charge is 0.0205 e. The summed E-state index contributed by atoms with van der Waals surface area (Å²) in [5.41, 5.74) is 0. The minimum Gasteiger partial charge on any atom is -0.0849 e. The first-order valence-electron chi connectivity index (χ1n) is 4.47. The Balaban J connectivity index is 2.25. The van der Waals surface area contributed by atoms with E-state index in [9.17, 15) is 0 Å². The highest BCUT2D eigenvalue weighted by Crippen LogP contribution is 2.43. The fraction of sp³-hybridized carbons (Fsp3) is 0.800. The van der Waals surface area contributed by atoms with E-state index in [2.05, 4.69) is 26.0 Å². The van der Waals surface area contributed by atoms with Crippen molar-refractivity contribution in [2.75, 3.05) is 0 Å². The molecule has 0 nitrogen and oxygen atoms in total. The van der Waals surface area contributed by atoms with Crippen molar-refractivity contribution in [2.45, 2.75) is 26.7 Å². The molecule has 0 amide bonds. The van der Waals surface area contributed by atoms with E-state index in [0.29, 0.717) is 0 Å². The van der Waals surface area contributed by atoms with Gasteiger partial charge in [0.05, 0.1) is 0 Å². The minimum absolute atomic E-state index is 0.917. The molecule has 3 rings (SSSR count). The summed E-state index contributed by atoms with van der Waals surface area (Å²) in [6.07, 6.45) is 7.79. The molecule has 0 aliphatic heterocycles. The summed E-state index contributed by atoms with van der Waals surface area (Å²) in [4.78, 5) is 0. The Bertz CT molecular complexity index is 139. The molecule has 0 aromatic rings. The van der Waals surface area contributed by atoms with Gasteiger partial charge in [0.25, 0.3) is 0 Å². The van der Waals surface area contributed by atoms with Crippen LogP contribution in [0.4, 0.5) is 0 Å². The molecule has 56 valence electrons. The van der Waals surface area contributed by atoms with E-state index in [-0.39, 0.29) is 0 Å². The first-order valence-corrected chi connectivity index (χ1v) is 4.47. The molecule has 10 heavy (non-hydrogen) atoms. The van der Waals surface area contributed by atoms with Crippen LogP contribution in [0.2, 0.25) is 0 Å². The highest BCUT2D eigenvalue weighted by atomic mass is 14.4. The molecule has 3 unspecified atom stereocenters. The monoisotopic (exact) mass is 136 g/mol. The van der Waals surface area contributed by atoms with Gasteiger partial charge in [0.2, 0.25) is 0 Å². The van der Waals surface area contributed by atoms with Gasteiger partial charge < -0.3 is 0 Å². The van der Waals surface area contributed by atoms with Crippen LogP contribution in [-0.2, 0) is 0 Å². The van der Waals surface area contributed by atoms with E-state index < -0.39 is 0 Å². The summed E-state index contributed by atoms with van der Waals surface area (Å²) in [6, 6.07) is 0. The Morgan fingerprint density at radius 2 is 1.30 bits per heavy atom. The van der Waals surface area contributed by atoms with Crippen LogP contribution >= 0.6 is 0 Å². The topological polar surface area (TPSA) is 0 Å². The van der Waals surface area contributed by atoms with Crippen LogP contribution in [0.15, 0.2) is 12.2 Å². The summed E-state index contributed by atoms with van der Waals surface area (Å²) in [7, 11) is 0. The minimum atomic E-state index is 0.917. The lowest BCUT2D eigenvalue weighted by molar-refractivity contribution is 0.152. The number of rotatable bonds is 0. The molecule has 0 heteroatoms. The third-order valence-corrected chi connectivity index (χ3v) is 3.62. The highest BCUT2D eigenvalue weighted by Gasteiger charge is 2.34. The van der Waals surface area contributed by atoms with Crippen molar-refractivity contribution in [3.05, 3.63) is 12.2 Å². The first kappa shape index (κ1) is 6.45. The van der Waals surface area contributed by atoms with Crippen molar-refractivity contribution in [3.63, 3.8) is 0 Å². The molecule has 0 spiro atoms. The fourth-order valence-corrected chi connectivity index (χ4v) is 2.52. The van der Waals surface area contributed by atoms with Crippen molar-refractivity contribution >= 4 is 0 Å². The molecule has 3 aliphatic carbocycles. The van der Waals surface area contributed by atoms with Crippen molar-refractivity contribution in [1.82, 2.24) is 0 Å². The average Bonchev–Trinajstić information content (AvgIpc) is 2.00. The molecule has 1 saturated carbocycles. The maximum Gasteiger partial charge on any atom is -0.0205 e. The molecule has 4 atom stereocenters. The maximum absolute atomic E-state index is 2.44. The standard InChI is InChI=1S/C10H16/c1-7-8(2)10-5-3-9(7)4-6-10/h3,5,7-10H,4,6H2,1-2H3/t7-,8?,9?,10?/m1/s1. The first-order chi connectivity index (χ1) is 4.79. The summed E-state index contributed by atoms with van der Waals surface area (Å²) < 4.78 is 0. The number of hydrogen-bond acceptors (Lipinski definition) is 0. The van der Waals surface area contributed by atoms with E-state index >= 15 is 0 Å². The third-order valence-electron chi connectivity index (χ3n) is 3.62. The van der Waals surface area contributed by atoms with Crippen LogP contribution in [-0.4, -0.2) is 0 Å². The molecule has 0 aromatic heterocycles. The van der Waals surface area contributed by atoms with Crippen LogP contribution in [0.3, 0.4) is 0 Å². The molecule has 0 N–H and O–H groups in total. The van der Waals surface area contributed by atoms with E-state index in [1.807, 2.05) is 0 Å². The molecule has 1 fully saturated rings. The zero-order valence-corrected chi connectivity index (χ0v) is 6.88.